The summed E-state index contributed by atoms with van der Waals surface area (Å²) in [5, 5.41) is 12.4. The van der Waals surface area contributed by atoms with E-state index in [0.717, 1.165) is 35.5 Å². The van der Waals surface area contributed by atoms with Crippen molar-refractivity contribution in [2.24, 2.45) is 0 Å². The van der Waals surface area contributed by atoms with Gasteiger partial charge in [0.1, 0.15) is 11.6 Å². The van der Waals surface area contributed by atoms with E-state index in [4.69, 9.17) is 4.74 Å². The van der Waals surface area contributed by atoms with Gasteiger partial charge in [0.25, 0.3) is 0 Å². The second-order valence-electron chi connectivity index (χ2n) is 8.68. The van der Waals surface area contributed by atoms with Crippen LogP contribution < -0.4 is 10.1 Å². The Hall–Kier alpha value is -2.84. The van der Waals surface area contributed by atoms with Gasteiger partial charge in [-0.3, -0.25) is 14.3 Å². The Bertz CT molecular complexity index is 1080. The zero-order chi connectivity index (χ0) is 23.9. The molecule has 1 atom stereocenters. The topological polar surface area (TPSA) is 72.3 Å². The molecule has 34 heavy (non-hydrogen) atoms. The highest BCUT2D eigenvalue weighted by Gasteiger charge is 2.23. The summed E-state index contributed by atoms with van der Waals surface area (Å²) in [4.78, 5) is 15.3. The van der Waals surface area contributed by atoms with E-state index in [0.29, 0.717) is 12.3 Å². The number of carbonyl (C=O) groups is 1. The molecule has 8 heteroatoms. The second-order valence-corrected chi connectivity index (χ2v) is 9.62. The van der Waals surface area contributed by atoms with E-state index in [1.165, 1.54) is 42.2 Å². The summed E-state index contributed by atoms with van der Waals surface area (Å²) in [6, 6.07) is 16.6. The summed E-state index contributed by atoms with van der Waals surface area (Å²) in [5.41, 5.74) is 3.40. The maximum absolute atomic E-state index is 12.8. The van der Waals surface area contributed by atoms with Gasteiger partial charge in [-0.1, -0.05) is 48.0 Å². The molecule has 0 radical (unpaired) electrons. The summed E-state index contributed by atoms with van der Waals surface area (Å²) >= 11 is 1.41. The first-order chi connectivity index (χ1) is 16.5. The number of aromatic nitrogens is 3. The van der Waals surface area contributed by atoms with Crippen molar-refractivity contribution in [3.63, 3.8) is 0 Å². The van der Waals surface area contributed by atoms with Gasteiger partial charge in [0, 0.05) is 12.2 Å². The molecule has 0 aliphatic carbocycles. The second kappa shape index (κ2) is 11.5. The smallest absolute Gasteiger partial charge is 0.230 e. The number of carbonyl (C=O) groups excluding carboxylic acids is 1. The summed E-state index contributed by atoms with van der Waals surface area (Å²) in [7, 11) is 1.68. The third-order valence-corrected chi connectivity index (χ3v) is 7.17. The fourth-order valence-electron chi connectivity index (χ4n) is 4.33. The van der Waals surface area contributed by atoms with Crippen LogP contribution in [0.5, 0.6) is 5.75 Å². The highest BCUT2D eigenvalue weighted by atomic mass is 32.2. The number of nitrogens with zero attached hydrogens (tertiary/aromatic N) is 4. The van der Waals surface area contributed by atoms with E-state index >= 15 is 0 Å². The van der Waals surface area contributed by atoms with Gasteiger partial charge in [0.2, 0.25) is 5.91 Å². The van der Waals surface area contributed by atoms with Crippen molar-refractivity contribution in [2.45, 2.75) is 44.3 Å². The van der Waals surface area contributed by atoms with Crippen molar-refractivity contribution >= 4 is 17.7 Å². The van der Waals surface area contributed by atoms with Gasteiger partial charge >= 0.3 is 0 Å². The predicted octanol–water partition coefficient (Wildman–Crippen LogP) is 4.33. The lowest BCUT2D eigenvalue weighted by molar-refractivity contribution is -0.118. The first-order valence-corrected chi connectivity index (χ1v) is 12.8. The molecule has 1 aliphatic heterocycles. The van der Waals surface area contributed by atoms with Crippen molar-refractivity contribution in [1.82, 2.24) is 25.0 Å². The standard InChI is InChI=1S/C26H33N5O2S/c1-19-7-11-22(12-8-19)31-20(2)28-29-26(31)34-18-25(32)27-17-24(30-15-5-4-6-16-30)21-9-13-23(33-3)14-10-21/h7-14,24H,4-6,15-18H2,1-3H3,(H,27,32)/t24-/m1/s1. The molecule has 0 unspecified atom stereocenters. The zero-order valence-corrected chi connectivity index (χ0v) is 21.0. The van der Waals surface area contributed by atoms with E-state index in [-0.39, 0.29) is 11.9 Å². The third kappa shape index (κ3) is 5.98. The molecule has 2 aromatic carbocycles. The number of aryl methyl sites for hydroxylation is 2. The summed E-state index contributed by atoms with van der Waals surface area (Å²) in [6.07, 6.45) is 3.67. The molecule has 1 fully saturated rings. The number of hydrogen-bond donors (Lipinski definition) is 1. The average molecular weight is 480 g/mol. The molecule has 0 spiro atoms. The lowest BCUT2D eigenvalue weighted by Gasteiger charge is -2.35. The van der Waals surface area contributed by atoms with E-state index in [1.807, 2.05) is 35.8 Å². The van der Waals surface area contributed by atoms with Crippen molar-refractivity contribution in [3.05, 3.63) is 65.5 Å². The van der Waals surface area contributed by atoms with Crippen LogP contribution in [0.4, 0.5) is 0 Å². The number of thioether (sulfide) groups is 1. The fraction of sp³-hybridized carbons (Fsp3) is 0.423. The Morgan fingerprint density at radius 1 is 1.03 bits per heavy atom. The molecule has 3 aromatic rings. The van der Waals surface area contributed by atoms with E-state index < -0.39 is 0 Å². The maximum atomic E-state index is 12.8. The number of amides is 1. The third-order valence-electron chi connectivity index (χ3n) is 6.24. The fourth-order valence-corrected chi connectivity index (χ4v) is 5.16. The summed E-state index contributed by atoms with van der Waals surface area (Å²) in [6.45, 7) is 6.68. The minimum absolute atomic E-state index is 0.00312. The number of rotatable bonds is 9. The monoisotopic (exact) mass is 479 g/mol. The molecule has 2 heterocycles. The molecule has 1 aliphatic rings. The van der Waals surface area contributed by atoms with Gasteiger partial charge in [-0.05, 0) is 69.6 Å². The van der Waals surface area contributed by atoms with Gasteiger partial charge in [0.05, 0.1) is 18.9 Å². The number of benzene rings is 2. The largest absolute Gasteiger partial charge is 0.497 e. The van der Waals surface area contributed by atoms with Crippen LogP contribution in [-0.2, 0) is 4.79 Å². The van der Waals surface area contributed by atoms with Crippen molar-refractivity contribution in [1.29, 1.82) is 0 Å². The van der Waals surface area contributed by atoms with Crippen LogP contribution >= 0.6 is 11.8 Å². The van der Waals surface area contributed by atoms with Gasteiger partial charge < -0.3 is 10.1 Å². The van der Waals surface area contributed by atoms with Gasteiger partial charge in [-0.2, -0.15) is 0 Å². The molecule has 7 nitrogen and oxygen atoms in total. The minimum atomic E-state index is -0.00312. The Morgan fingerprint density at radius 2 is 1.74 bits per heavy atom. The number of nitrogens with one attached hydrogen (secondary N) is 1. The molecular formula is C26H33N5O2S. The lowest BCUT2D eigenvalue weighted by atomic mass is 10.0. The summed E-state index contributed by atoms with van der Waals surface area (Å²) in [5.74, 6) is 1.93. The van der Waals surface area contributed by atoms with E-state index in [9.17, 15) is 4.79 Å². The van der Waals surface area contributed by atoms with Crippen LogP contribution in [0.3, 0.4) is 0 Å². The lowest BCUT2D eigenvalue weighted by Crippen LogP contribution is -2.41. The first kappa shape index (κ1) is 24.3. The number of hydrogen-bond acceptors (Lipinski definition) is 6. The summed E-state index contributed by atoms with van der Waals surface area (Å²) < 4.78 is 7.31. The Balaban J connectivity index is 1.39. The van der Waals surface area contributed by atoms with Gasteiger partial charge in [0.15, 0.2) is 5.16 Å². The normalized spacial score (nSPS) is 15.1. The van der Waals surface area contributed by atoms with Crippen molar-refractivity contribution in [2.75, 3.05) is 32.5 Å². The number of ether oxygens (including phenoxy) is 1. The highest BCUT2D eigenvalue weighted by Crippen LogP contribution is 2.26. The maximum Gasteiger partial charge on any atom is 0.230 e. The van der Waals surface area contributed by atoms with Crippen LogP contribution in [0.1, 0.15) is 42.3 Å². The van der Waals surface area contributed by atoms with Gasteiger partial charge in [-0.15, -0.1) is 10.2 Å². The predicted molar refractivity (Wildman–Crippen MR) is 136 cm³/mol. The molecule has 1 saturated heterocycles. The Labute approximate surface area is 205 Å². The quantitative estimate of drug-likeness (QED) is 0.461. The highest BCUT2D eigenvalue weighted by molar-refractivity contribution is 7.99. The average Bonchev–Trinajstić information content (AvgIpc) is 3.24. The number of likely N-dealkylation sites (tertiary alicyclic amines) is 1. The van der Waals surface area contributed by atoms with Crippen LogP contribution in [0.25, 0.3) is 5.69 Å². The molecule has 4 rings (SSSR count). The molecule has 180 valence electrons. The van der Waals surface area contributed by atoms with Crippen LogP contribution in [0, 0.1) is 13.8 Å². The first-order valence-electron chi connectivity index (χ1n) is 11.8. The number of methoxy groups -OCH3 is 1. The molecule has 1 N–H and O–H groups in total. The van der Waals surface area contributed by atoms with Crippen molar-refractivity contribution < 1.29 is 9.53 Å². The molecule has 1 amide bonds. The molecular weight excluding hydrogens is 446 g/mol. The van der Waals surface area contributed by atoms with Crippen LogP contribution in [-0.4, -0.2) is 58.1 Å². The Kier molecular flexibility index (Phi) is 8.24. The van der Waals surface area contributed by atoms with Crippen LogP contribution in [0.2, 0.25) is 0 Å². The van der Waals surface area contributed by atoms with Gasteiger partial charge in [-0.25, -0.2) is 0 Å². The molecule has 0 bridgehead atoms. The SMILES string of the molecule is COc1ccc([C@@H](CNC(=O)CSc2nnc(C)n2-c2ccc(C)cc2)N2CCCCC2)cc1. The Morgan fingerprint density at radius 3 is 2.41 bits per heavy atom. The molecule has 1 aromatic heterocycles. The van der Waals surface area contributed by atoms with E-state index in [2.05, 4.69) is 51.6 Å². The van der Waals surface area contributed by atoms with Crippen molar-refractivity contribution in [3.8, 4) is 11.4 Å². The number of piperidine rings is 1. The van der Waals surface area contributed by atoms with Crippen LogP contribution in [0.15, 0.2) is 53.7 Å². The molecule has 0 saturated carbocycles. The van der Waals surface area contributed by atoms with E-state index in [1.54, 1.807) is 7.11 Å². The zero-order valence-electron chi connectivity index (χ0n) is 20.2. The minimum Gasteiger partial charge on any atom is -0.497 e.